The van der Waals surface area contributed by atoms with Crippen molar-refractivity contribution in [2.45, 2.75) is 37.3 Å². The second-order valence-corrected chi connectivity index (χ2v) is 7.69. The molecule has 1 heterocycles. The van der Waals surface area contributed by atoms with E-state index >= 15 is 0 Å². The molecule has 0 radical (unpaired) electrons. The van der Waals surface area contributed by atoms with E-state index in [-0.39, 0.29) is 29.7 Å². The lowest BCUT2D eigenvalue weighted by Gasteiger charge is -2.30. The van der Waals surface area contributed by atoms with Gasteiger partial charge in [0.15, 0.2) is 0 Å². The Morgan fingerprint density at radius 3 is 2.68 bits per heavy atom. The van der Waals surface area contributed by atoms with E-state index in [1.165, 1.54) is 24.6 Å². The summed E-state index contributed by atoms with van der Waals surface area (Å²) in [5.74, 6) is -1.49. The number of halogens is 2. The molecule has 3 unspecified atom stereocenters. The zero-order valence-corrected chi connectivity index (χ0v) is 16.5. The molecule has 0 fully saturated rings. The molecule has 150 valence electrons. The summed E-state index contributed by atoms with van der Waals surface area (Å²) in [5, 5.41) is 6.02. The van der Waals surface area contributed by atoms with Gasteiger partial charge >= 0.3 is 0 Å². The van der Waals surface area contributed by atoms with E-state index in [2.05, 4.69) is 29.3 Å². The van der Waals surface area contributed by atoms with Gasteiger partial charge in [-0.2, -0.15) is 12.6 Å². The van der Waals surface area contributed by atoms with Gasteiger partial charge in [0.05, 0.1) is 19.3 Å². The van der Waals surface area contributed by atoms with Crippen molar-refractivity contribution in [2.24, 2.45) is 0 Å². The third kappa shape index (κ3) is 5.53. The molecule has 0 saturated carbocycles. The number of thiol groups is 1. The summed E-state index contributed by atoms with van der Waals surface area (Å²) in [6, 6.07) is 11.1. The first-order valence-electron chi connectivity index (χ1n) is 9.21. The molecular weight excluding hydrogens is 382 g/mol. The summed E-state index contributed by atoms with van der Waals surface area (Å²) in [6.07, 6.45) is 0.280. The average Bonchev–Trinajstić information content (AvgIpc) is 2.64. The molecule has 2 aromatic carbocycles. The smallest absolute Gasteiger partial charge is 0.217 e. The molecule has 2 aromatic rings. The fourth-order valence-corrected chi connectivity index (χ4v) is 3.77. The second-order valence-electron chi connectivity index (χ2n) is 7.03. The van der Waals surface area contributed by atoms with Gasteiger partial charge in [-0.05, 0) is 35.2 Å². The monoisotopic (exact) mass is 406 g/mol. The maximum Gasteiger partial charge on any atom is 0.217 e. The maximum atomic E-state index is 13.5. The fourth-order valence-electron chi connectivity index (χ4n) is 3.48. The highest BCUT2D eigenvalue weighted by Gasteiger charge is 2.24. The Morgan fingerprint density at radius 2 is 1.96 bits per heavy atom. The topological polar surface area (TPSA) is 50.4 Å². The molecule has 3 rings (SSSR count). The van der Waals surface area contributed by atoms with Crippen LogP contribution in [-0.4, -0.2) is 30.4 Å². The Hall–Kier alpha value is -1.96. The summed E-state index contributed by atoms with van der Waals surface area (Å²) in [6.45, 7) is 3.06. The number of carbonyl (C=O) groups is 1. The van der Waals surface area contributed by atoms with Crippen molar-refractivity contribution in [3.63, 3.8) is 0 Å². The number of carbonyl (C=O) groups excluding carboxylic acids is 1. The molecule has 3 atom stereocenters. The van der Waals surface area contributed by atoms with Crippen molar-refractivity contribution in [3.8, 4) is 0 Å². The lowest BCUT2D eigenvalue weighted by molar-refractivity contribution is -0.119. The van der Waals surface area contributed by atoms with Crippen LogP contribution in [0.15, 0.2) is 42.5 Å². The minimum absolute atomic E-state index is 0.0317. The van der Waals surface area contributed by atoms with Gasteiger partial charge < -0.3 is 15.4 Å². The largest absolute Gasteiger partial charge is 0.375 e. The zero-order valence-electron chi connectivity index (χ0n) is 15.6. The minimum Gasteiger partial charge on any atom is -0.375 e. The van der Waals surface area contributed by atoms with Crippen LogP contribution in [-0.2, 0) is 22.6 Å². The first-order valence-corrected chi connectivity index (χ1v) is 9.73. The number of amides is 1. The molecule has 0 spiro atoms. The van der Waals surface area contributed by atoms with E-state index in [1.54, 1.807) is 0 Å². The third-order valence-electron chi connectivity index (χ3n) is 4.78. The number of fused-ring (bicyclic) bond motifs is 1. The highest BCUT2D eigenvalue weighted by Crippen LogP contribution is 2.24. The molecule has 0 aromatic heterocycles. The van der Waals surface area contributed by atoms with Crippen LogP contribution < -0.4 is 10.6 Å². The number of hydrogen-bond donors (Lipinski definition) is 3. The minimum atomic E-state index is -0.638. The normalized spacial score (nSPS) is 18.2. The van der Waals surface area contributed by atoms with Gasteiger partial charge in [0, 0.05) is 30.8 Å². The fraction of sp³-hybridized carbons (Fsp3) is 0.381. The molecule has 28 heavy (non-hydrogen) atoms. The van der Waals surface area contributed by atoms with E-state index in [9.17, 15) is 13.6 Å². The summed E-state index contributed by atoms with van der Waals surface area (Å²) in [4.78, 5) is 11.6. The van der Waals surface area contributed by atoms with Crippen LogP contribution in [0.25, 0.3) is 0 Å². The van der Waals surface area contributed by atoms with Crippen LogP contribution in [0.2, 0.25) is 0 Å². The summed E-state index contributed by atoms with van der Waals surface area (Å²) < 4.78 is 32.6. The summed E-state index contributed by atoms with van der Waals surface area (Å²) >= 11 is 4.65. The molecule has 7 heteroatoms. The number of ether oxygens (including phenoxy) is 1. The Kier molecular flexibility index (Phi) is 7.04. The van der Waals surface area contributed by atoms with E-state index < -0.39 is 11.6 Å². The van der Waals surface area contributed by atoms with Crippen LogP contribution in [0.5, 0.6) is 0 Å². The molecule has 0 bridgehead atoms. The number of nitrogens with one attached hydrogen (secondary N) is 2. The molecule has 0 aliphatic carbocycles. The highest BCUT2D eigenvalue weighted by molar-refractivity contribution is 7.81. The van der Waals surface area contributed by atoms with Gasteiger partial charge in [-0.15, -0.1) is 0 Å². The highest BCUT2D eigenvalue weighted by atomic mass is 32.1. The standard InChI is InChI=1S/C21H24F2N2O2S/c1-13(26)25-19(8-14-6-16(22)9-17(23)7-14)21(28)10-24-20-12-27-11-15-4-2-3-5-18(15)20/h2-7,9,19-21,24,28H,8,10-12H2,1H3,(H,25,26). The van der Waals surface area contributed by atoms with E-state index in [0.29, 0.717) is 25.3 Å². The van der Waals surface area contributed by atoms with E-state index in [0.717, 1.165) is 11.6 Å². The Balaban J connectivity index is 1.66. The van der Waals surface area contributed by atoms with Crippen LogP contribution in [0.4, 0.5) is 8.78 Å². The Morgan fingerprint density at radius 1 is 1.25 bits per heavy atom. The van der Waals surface area contributed by atoms with Crippen molar-refractivity contribution in [3.05, 3.63) is 70.8 Å². The van der Waals surface area contributed by atoms with Gasteiger partial charge in [-0.3, -0.25) is 4.79 Å². The number of hydrogen-bond acceptors (Lipinski definition) is 4. The average molecular weight is 406 g/mol. The van der Waals surface area contributed by atoms with Crippen LogP contribution in [0.1, 0.15) is 29.7 Å². The Bertz CT molecular complexity index is 814. The first kappa shape index (κ1) is 20.8. The Labute approximate surface area is 169 Å². The molecule has 2 N–H and O–H groups in total. The lowest BCUT2D eigenvalue weighted by atomic mass is 9.98. The summed E-state index contributed by atoms with van der Waals surface area (Å²) in [7, 11) is 0. The van der Waals surface area contributed by atoms with Crippen molar-refractivity contribution in [2.75, 3.05) is 13.2 Å². The van der Waals surface area contributed by atoms with Gasteiger partial charge in [0.1, 0.15) is 11.6 Å². The molecule has 1 amide bonds. The van der Waals surface area contributed by atoms with Gasteiger partial charge in [0.2, 0.25) is 5.91 Å². The quantitative estimate of drug-likeness (QED) is 0.619. The van der Waals surface area contributed by atoms with Crippen molar-refractivity contribution in [1.29, 1.82) is 0 Å². The van der Waals surface area contributed by atoms with Crippen LogP contribution in [0.3, 0.4) is 0 Å². The first-order chi connectivity index (χ1) is 13.4. The van der Waals surface area contributed by atoms with Gasteiger partial charge in [-0.1, -0.05) is 24.3 Å². The molecule has 0 saturated heterocycles. The zero-order chi connectivity index (χ0) is 20.1. The second kappa shape index (κ2) is 9.49. The van der Waals surface area contributed by atoms with Gasteiger partial charge in [0.25, 0.3) is 0 Å². The summed E-state index contributed by atoms with van der Waals surface area (Å²) in [5.41, 5.74) is 2.81. The van der Waals surface area contributed by atoms with Crippen molar-refractivity contribution < 1.29 is 18.3 Å². The molecular formula is C21H24F2N2O2S. The molecule has 1 aliphatic rings. The van der Waals surface area contributed by atoms with Crippen LogP contribution in [0, 0.1) is 11.6 Å². The SMILES string of the molecule is CC(=O)NC(Cc1cc(F)cc(F)c1)C(S)CNC1COCc2ccccc21. The lowest BCUT2D eigenvalue weighted by Crippen LogP contribution is -2.46. The van der Waals surface area contributed by atoms with E-state index in [4.69, 9.17) is 4.74 Å². The number of benzene rings is 2. The predicted octanol–water partition coefficient (Wildman–Crippen LogP) is 3.17. The van der Waals surface area contributed by atoms with Crippen LogP contribution >= 0.6 is 12.6 Å². The third-order valence-corrected chi connectivity index (χ3v) is 5.32. The number of rotatable bonds is 7. The van der Waals surface area contributed by atoms with Gasteiger partial charge in [-0.25, -0.2) is 8.78 Å². The molecule has 1 aliphatic heterocycles. The van der Waals surface area contributed by atoms with Crippen molar-refractivity contribution >= 4 is 18.5 Å². The maximum absolute atomic E-state index is 13.5. The molecule has 4 nitrogen and oxygen atoms in total. The van der Waals surface area contributed by atoms with Crippen molar-refractivity contribution in [1.82, 2.24) is 10.6 Å². The van der Waals surface area contributed by atoms with E-state index in [1.807, 2.05) is 18.2 Å². The predicted molar refractivity (Wildman–Crippen MR) is 107 cm³/mol.